The Labute approximate surface area is 88.5 Å². The molecule has 1 N–H and O–H groups in total. The van der Waals surface area contributed by atoms with E-state index in [1.54, 1.807) is 7.05 Å². The Morgan fingerprint density at radius 2 is 2.07 bits per heavy atom. The minimum atomic E-state index is -2.36. The van der Waals surface area contributed by atoms with E-state index in [4.69, 9.17) is 0 Å². The Balaban J connectivity index is 2.52. The second-order valence-corrected chi connectivity index (χ2v) is 4.03. The van der Waals surface area contributed by atoms with Crippen molar-refractivity contribution in [2.75, 3.05) is 7.05 Å². The van der Waals surface area contributed by atoms with Crippen molar-refractivity contribution in [1.82, 2.24) is 5.32 Å². The summed E-state index contributed by atoms with van der Waals surface area (Å²) in [6, 6.07) is 7.51. The first-order chi connectivity index (χ1) is 7.20. The molecule has 0 spiro atoms. The molecular formula is C12H15F2N. The third-order valence-electron chi connectivity index (χ3n) is 3.33. The summed E-state index contributed by atoms with van der Waals surface area (Å²) in [5.74, 6) is 0. The highest BCUT2D eigenvalue weighted by atomic mass is 19.3. The zero-order valence-electron chi connectivity index (χ0n) is 8.76. The summed E-state index contributed by atoms with van der Waals surface area (Å²) >= 11 is 0. The average Bonchev–Trinajstić information content (AvgIpc) is 2.28. The SMILES string of the molecule is CNC1(C(F)F)CCCc2ccccc21. The van der Waals surface area contributed by atoms with Crippen LogP contribution in [-0.2, 0) is 12.0 Å². The zero-order chi connectivity index (χ0) is 10.9. The molecule has 0 bridgehead atoms. The van der Waals surface area contributed by atoms with E-state index in [1.165, 1.54) is 0 Å². The molecule has 0 heterocycles. The Morgan fingerprint density at radius 3 is 2.73 bits per heavy atom. The quantitative estimate of drug-likeness (QED) is 0.793. The number of aryl methyl sites for hydroxylation is 1. The molecule has 0 aromatic heterocycles. The van der Waals surface area contributed by atoms with E-state index < -0.39 is 12.0 Å². The van der Waals surface area contributed by atoms with Gasteiger partial charge < -0.3 is 5.32 Å². The molecule has 1 aliphatic carbocycles. The summed E-state index contributed by atoms with van der Waals surface area (Å²) < 4.78 is 26.4. The molecule has 1 atom stereocenters. The Morgan fingerprint density at radius 1 is 1.33 bits per heavy atom. The van der Waals surface area contributed by atoms with Gasteiger partial charge in [-0.3, -0.25) is 0 Å². The van der Waals surface area contributed by atoms with Gasteiger partial charge in [-0.2, -0.15) is 0 Å². The van der Waals surface area contributed by atoms with E-state index in [0.29, 0.717) is 6.42 Å². The molecule has 0 saturated carbocycles. The smallest absolute Gasteiger partial charge is 0.260 e. The normalized spacial score (nSPS) is 25.3. The lowest BCUT2D eigenvalue weighted by Crippen LogP contribution is -2.48. The van der Waals surface area contributed by atoms with E-state index in [2.05, 4.69) is 5.32 Å². The number of nitrogens with one attached hydrogen (secondary N) is 1. The van der Waals surface area contributed by atoms with Crippen LogP contribution in [0, 0.1) is 0 Å². The predicted octanol–water partition coefficient (Wildman–Crippen LogP) is 2.70. The first kappa shape index (κ1) is 10.6. The highest BCUT2D eigenvalue weighted by molar-refractivity contribution is 5.36. The zero-order valence-corrected chi connectivity index (χ0v) is 8.76. The van der Waals surface area contributed by atoms with Crippen LogP contribution in [0.4, 0.5) is 8.78 Å². The molecule has 82 valence electrons. The Bertz CT molecular complexity index is 351. The van der Waals surface area contributed by atoms with Gasteiger partial charge in [-0.25, -0.2) is 8.78 Å². The summed E-state index contributed by atoms with van der Waals surface area (Å²) in [6.07, 6.45) is -0.115. The summed E-state index contributed by atoms with van der Waals surface area (Å²) in [7, 11) is 1.62. The van der Waals surface area contributed by atoms with Crippen LogP contribution >= 0.6 is 0 Å². The molecule has 0 aliphatic heterocycles. The van der Waals surface area contributed by atoms with E-state index in [0.717, 1.165) is 24.0 Å². The first-order valence-electron chi connectivity index (χ1n) is 5.26. The summed E-state index contributed by atoms with van der Waals surface area (Å²) in [4.78, 5) is 0. The molecule has 0 saturated heterocycles. The lowest BCUT2D eigenvalue weighted by molar-refractivity contribution is 0.0209. The molecule has 0 amide bonds. The molecule has 1 aliphatic rings. The van der Waals surface area contributed by atoms with Crippen molar-refractivity contribution in [3.05, 3.63) is 35.4 Å². The van der Waals surface area contributed by atoms with Crippen molar-refractivity contribution in [1.29, 1.82) is 0 Å². The third-order valence-corrected chi connectivity index (χ3v) is 3.33. The number of halogens is 2. The molecule has 0 radical (unpaired) electrons. The largest absolute Gasteiger partial charge is 0.306 e. The van der Waals surface area contributed by atoms with Crippen LogP contribution in [0.15, 0.2) is 24.3 Å². The van der Waals surface area contributed by atoms with Gasteiger partial charge in [-0.15, -0.1) is 0 Å². The highest BCUT2D eigenvalue weighted by Crippen LogP contribution is 2.39. The van der Waals surface area contributed by atoms with Gasteiger partial charge in [0.25, 0.3) is 6.43 Å². The van der Waals surface area contributed by atoms with Crippen LogP contribution in [0.5, 0.6) is 0 Å². The number of hydrogen-bond acceptors (Lipinski definition) is 1. The van der Waals surface area contributed by atoms with Crippen LogP contribution < -0.4 is 5.32 Å². The van der Waals surface area contributed by atoms with Crippen LogP contribution in [0.2, 0.25) is 0 Å². The Kier molecular flexibility index (Phi) is 2.74. The van der Waals surface area contributed by atoms with Crippen molar-refractivity contribution < 1.29 is 8.78 Å². The molecule has 1 nitrogen and oxygen atoms in total. The molecular weight excluding hydrogens is 196 g/mol. The van der Waals surface area contributed by atoms with Crippen LogP contribution in [0.3, 0.4) is 0 Å². The van der Waals surface area contributed by atoms with Gasteiger partial charge in [0, 0.05) is 0 Å². The van der Waals surface area contributed by atoms with Crippen LogP contribution in [0.25, 0.3) is 0 Å². The number of alkyl halides is 2. The van der Waals surface area contributed by atoms with Gasteiger partial charge in [0.05, 0.1) is 0 Å². The molecule has 1 aromatic rings. The number of hydrogen-bond donors (Lipinski definition) is 1. The van der Waals surface area contributed by atoms with Crippen LogP contribution in [-0.4, -0.2) is 13.5 Å². The lowest BCUT2D eigenvalue weighted by Gasteiger charge is -2.38. The maximum absolute atomic E-state index is 13.2. The maximum Gasteiger partial charge on any atom is 0.260 e. The maximum atomic E-state index is 13.2. The number of benzene rings is 1. The number of rotatable bonds is 2. The van der Waals surface area contributed by atoms with E-state index in [-0.39, 0.29) is 0 Å². The summed E-state index contributed by atoms with van der Waals surface area (Å²) in [5.41, 5.74) is 0.696. The van der Waals surface area contributed by atoms with Crippen molar-refractivity contribution >= 4 is 0 Å². The fraction of sp³-hybridized carbons (Fsp3) is 0.500. The van der Waals surface area contributed by atoms with E-state index in [1.807, 2.05) is 24.3 Å². The van der Waals surface area contributed by atoms with Crippen molar-refractivity contribution in [2.24, 2.45) is 0 Å². The van der Waals surface area contributed by atoms with Crippen molar-refractivity contribution in [2.45, 2.75) is 31.2 Å². The average molecular weight is 211 g/mol. The molecule has 1 aromatic carbocycles. The van der Waals surface area contributed by atoms with Gasteiger partial charge in [0.15, 0.2) is 0 Å². The standard InChI is InChI=1S/C12H15F2N/c1-15-12(11(13)14)8-4-6-9-5-2-3-7-10(9)12/h2-3,5,7,11,15H,4,6,8H2,1H3. The second-order valence-electron chi connectivity index (χ2n) is 4.03. The molecule has 3 heteroatoms. The third kappa shape index (κ3) is 1.55. The fourth-order valence-corrected chi connectivity index (χ4v) is 2.46. The lowest BCUT2D eigenvalue weighted by atomic mass is 9.77. The topological polar surface area (TPSA) is 12.0 Å². The summed E-state index contributed by atoms with van der Waals surface area (Å²) in [5, 5.41) is 2.82. The van der Waals surface area contributed by atoms with Gasteiger partial charge in [0.2, 0.25) is 0 Å². The van der Waals surface area contributed by atoms with Gasteiger partial charge >= 0.3 is 0 Å². The fourth-order valence-electron chi connectivity index (χ4n) is 2.46. The summed E-state index contributed by atoms with van der Waals surface area (Å²) in [6.45, 7) is 0. The minimum Gasteiger partial charge on any atom is -0.306 e. The Hall–Kier alpha value is -0.960. The van der Waals surface area contributed by atoms with Gasteiger partial charge in [-0.1, -0.05) is 24.3 Å². The van der Waals surface area contributed by atoms with E-state index >= 15 is 0 Å². The monoisotopic (exact) mass is 211 g/mol. The molecule has 15 heavy (non-hydrogen) atoms. The molecule has 0 fully saturated rings. The molecule has 1 unspecified atom stereocenters. The first-order valence-corrected chi connectivity index (χ1v) is 5.26. The predicted molar refractivity (Wildman–Crippen MR) is 56.1 cm³/mol. The van der Waals surface area contributed by atoms with Crippen molar-refractivity contribution in [3.8, 4) is 0 Å². The van der Waals surface area contributed by atoms with Crippen molar-refractivity contribution in [3.63, 3.8) is 0 Å². The van der Waals surface area contributed by atoms with Gasteiger partial charge in [-0.05, 0) is 37.4 Å². The number of fused-ring (bicyclic) bond motifs is 1. The van der Waals surface area contributed by atoms with Gasteiger partial charge in [0.1, 0.15) is 5.54 Å². The highest BCUT2D eigenvalue weighted by Gasteiger charge is 2.43. The minimum absolute atomic E-state index is 0.512. The van der Waals surface area contributed by atoms with E-state index in [9.17, 15) is 8.78 Å². The molecule has 2 rings (SSSR count). The second kappa shape index (κ2) is 3.89. The van der Waals surface area contributed by atoms with Crippen LogP contribution in [0.1, 0.15) is 24.0 Å².